The highest BCUT2D eigenvalue weighted by Crippen LogP contribution is 2.18. The molecule has 3 heteroatoms. The molecule has 130 valence electrons. The molecule has 24 heavy (non-hydrogen) atoms. The topological polar surface area (TPSA) is 32.7 Å². The van der Waals surface area contributed by atoms with Crippen molar-refractivity contribution in [2.75, 3.05) is 13.7 Å². The number of aliphatic hydroxyl groups is 1. The van der Waals surface area contributed by atoms with E-state index >= 15 is 0 Å². The fourth-order valence-corrected chi connectivity index (χ4v) is 3.00. The van der Waals surface area contributed by atoms with Gasteiger partial charge in [-0.3, -0.25) is 4.90 Å². The highest BCUT2D eigenvalue weighted by atomic mass is 16.5. The zero-order chi connectivity index (χ0) is 17.4. The fourth-order valence-electron chi connectivity index (χ4n) is 3.00. The lowest BCUT2D eigenvalue weighted by molar-refractivity contribution is 0.0784. The van der Waals surface area contributed by atoms with Gasteiger partial charge in [-0.15, -0.1) is 0 Å². The van der Waals surface area contributed by atoms with E-state index in [1.54, 1.807) is 7.11 Å². The molecule has 0 fully saturated rings. The monoisotopic (exact) mass is 327 g/mol. The molecule has 0 heterocycles. The maximum atomic E-state index is 9.88. The van der Waals surface area contributed by atoms with E-state index in [2.05, 4.69) is 67.3 Å². The molecule has 0 aliphatic carbocycles. The third-order valence-electron chi connectivity index (χ3n) is 4.37. The molecule has 0 unspecified atom stereocenters. The molecule has 0 bridgehead atoms. The Kier molecular flexibility index (Phi) is 7.44. The highest BCUT2D eigenvalue weighted by molar-refractivity contribution is 5.22. The molecule has 0 amide bonds. The van der Waals surface area contributed by atoms with E-state index < -0.39 is 0 Å². The first kappa shape index (κ1) is 18.7. The Labute approximate surface area is 145 Å². The van der Waals surface area contributed by atoms with E-state index in [-0.39, 0.29) is 12.6 Å². The standard InChI is InChI=1S/C21H29NO2/c1-17(2)21(15-23)22(13-18-7-5-4-6-8-18)14-19-9-11-20(12-10-19)16-24-3/h4-12,17,21,23H,13-16H2,1-3H3/t21-/m0/s1. The molecule has 2 rings (SSSR count). The summed E-state index contributed by atoms with van der Waals surface area (Å²) in [4.78, 5) is 2.37. The van der Waals surface area contributed by atoms with Crippen molar-refractivity contribution in [1.82, 2.24) is 4.90 Å². The van der Waals surface area contributed by atoms with Crippen molar-refractivity contribution in [3.63, 3.8) is 0 Å². The first-order valence-electron chi connectivity index (χ1n) is 8.59. The summed E-state index contributed by atoms with van der Waals surface area (Å²) < 4.78 is 5.17. The van der Waals surface area contributed by atoms with Gasteiger partial charge in [0.15, 0.2) is 0 Å². The molecule has 3 nitrogen and oxygen atoms in total. The van der Waals surface area contributed by atoms with Gasteiger partial charge in [0.05, 0.1) is 13.2 Å². The number of hydrogen-bond donors (Lipinski definition) is 1. The molecule has 0 radical (unpaired) electrons. The highest BCUT2D eigenvalue weighted by Gasteiger charge is 2.21. The Hall–Kier alpha value is -1.68. The van der Waals surface area contributed by atoms with Crippen molar-refractivity contribution in [3.05, 3.63) is 71.3 Å². The summed E-state index contributed by atoms with van der Waals surface area (Å²) in [6.45, 7) is 6.81. The number of aliphatic hydroxyl groups excluding tert-OH is 1. The molecule has 2 aromatic rings. The van der Waals surface area contributed by atoms with Crippen LogP contribution in [0.4, 0.5) is 0 Å². The van der Waals surface area contributed by atoms with Crippen molar-refractivity contribution >= 4 is 0 Å². The van der Waals surface area contributed by atoms with Crippen molar-refractivity contribution in [2.45, 2.75) is 39.6 Å². The van der Waals surface area contributed by atoms with Crippen molar-refractivity contribution < 1.29 is 9.84 Å². The van der Waals surface area contributed by atoms with E-state index in [0.29, 0.717) is 12.5 Å². The maximum absolute atomic E-state index is 9.88. The molecule has 0 aromatic heterocycles. The lowest BCUT2D eigenvalue weighted by Crippen LogP contribution is -2.40. The number of nitrogens with zero attached hydrogens (tertiary/aromatic N) is 1. The van der Waals surface area contributed by atoms with Crippen molar-refractivity contribution in [1.29, 1.82) is 0 Å². The Bertz CT molecular complexity index is 581. The Morgan fingerprint density at radius 1 is 0.875 bits per heavy atom. The lowest BCUT2D eigenvalue weighted by atomic mass is 10.0. The maximum Gasteiger partial charge on any atom is 0.0713 e. The van der Waals surface area contributed by atoms with E-state index in [9.17, 15) is 5.11 Å². The minimum absolute atomic E-state index is 0.142. The van der Waals surface area contributed by atoms with Crippen LogP contribution in [0.5, 0.6) is 0 Å². The average molecular weight is 327 g/mol. The first-order valence-corrected chi connectivity index (χ1v) is 8.59. The summed E-state index contributed by atoms with van der Waals surface area (Å²) in [7, 11) is 1.71. The van der Waals surface area contributed by atoms with Gasteiger partial charge >= 0.3 is 0 Å². The molecule has 0 spiro atoms. The van der Waals surface area contributed by atoms with Crippen LogP contribution in [0.2, 0.25) is 0 Å². The molecular weight excluding hydrogens is 298 g/mol. The first-order chi connectivity index (χ1) is 11.6. The van der Waals surface area contributed by atoms with Crippen molar-refractivity contribution in [2.24, 2.45) is 5.92 Å². The molecule has 0 saturated carbocycles. The second-order valence-corrected chi connectivity index (χ2v) is 6.63. The van der Waals surface area contributed by atoms with Gasteiger partial charge in [-0.25, -0.2) is 0 Å². The minimum atomic E-state index is 0.142. The minimum Gasteiger partial charge on any atom is -0.395 e. The molecular formula is C21H29NO2. The summed E-state index contributed by atoms with van der Waals surface area (Å²) in [5.74, 6) is 0.395. The molecule has 2 aromatic carbocycles. The van der Waals surface area contributed by atoms with Crippen LogP contribution in [0, 0.1) is 5.92 Å². The largest absolute Gasteiger partial charge is 0.395 e. The lowest BCUT2D eigenvalue weighted by Gasteiger charge is -2.33. The quantitative estimate of drug-likeness (QED) is 0.759. The fraction of sp³-hybridized carbons (Fsp3) is 0.429. The van der Waals surface area contributed by atoms with Gasteiger partial charge < -0.3 is 9.84 Å². The predicted octanol–water partition coefficient (Wildman–Crippen LogP) is 3.85. The summed E-state index contributed by atoms with van der Waals surface area (Å²) in [6, 6.07) is 19.1. The normalized spacial score (nSPS) is 12.8. The summed E-state index contributed by atoms with van der Waals surface area (Å²) in [5, 5.41) is 9.88. The average Bonchev–Trinajstić information content (AvgIpc) is 2.58. The van der Waals surface area contributed by atoms with Gasteiger partial charge in [-0.2, -0.15) is 0 Å². The number of methoxy groups -OCH3 is 1. The van der Waals surface area contributed by atoms with Crippen LogP contribution in [-0.4, -0.2) is 29.8 Å². The van der Waals surface area contributed by atoms with Crippen LogP contribution >= 0.6 is 0 Å². The zero-order valence-electron chi connectivity index (χ0n) is 15.0. The van der Waals surface area contributed by atoms with E-state index in [4.69, 9.17) is 4.74 Å². The second kappa shape index (κ2) is 9.58. The third-order valence-corrected chi connectivity index (χ3v) is 4.37. The number of hydrogen-bond acceptors (Lipinski definition) is 3. The van der Waals surface area contributed by atoms with Crippen LogP contribution in [0.25, 0.3) is 0 Å². The van der Waals surface area contributed by atoms with Crippen LogP contribution in [0.3, 0.4) is 0 Å². The SMILES string of the molecule is COCc1ccc(CN(Cc2ccccc2)[C@@H](CO)C(C)C)cc1. The van der Waals surface area contributed by atoms with E-state index in [1.807, 2.05) is 6.07 Å². The molecule has 0 aliphatic heterocycles. The Morgan fingerprint density at radius 3 is 1.92 bits per heavy atom. The molecule has 1 N–H and O–H groups in total. The van der Waals surface area contributed by atoms with Crippen LogP contribution in [0.1, 0.15) is 30.5 Å². The molecule has 0 saturated heterocycles. The Balaban J connectivity index is 2.15. The zero-order valence-corrected chi connectivity index (χ0v) is 15.0. The van der Waals surface area contributed by atoms with Crippen LogP contribution in [-0.2, 0) is 24.4 Å². The van der Waals surface area contributed by atoms with Gasteiger partial charge in [0, 0.05) is 26.2 Å². The van der Waals surface area contributed by atoms with Crippen molar-refractivity contribution in [3.8, 4) is 0 Å². The van der Waals surface area contributed by atoms with Gasteiger partial charge in [-0.1, -0.05) is 68.4 Å². The summed E-state index contributed by atoms with van der Waals surface area (Å²) in [6.07, 6.45) is 0. The molecule has 0 aliphatic rings. The van der Waals surface area contributed by atoms with Crippen LogP contribution < -0.4 is 0 Å². The second-order valence-electron chi connectivity index (χ2n) is 6.63. The smallest absolute Gasteiger partial charge is 0.0713 e. The van der Waals surface area contributed by atoms with E-state index in [0.717, 1.165) is 13.1 Å². The van der Waals surface area contributed by atoms with Gasteiger partial charge in [0.1, 0.15) is 0 Å². The van der Waals surface area contributed by atoms with Crippen LogP contribution in [0.15, 0.2) is 54.6 Å². The third kappa shape index (κ3) is 5.45. The number of benzene rings is 2. The predicted molar refractivity (Wildman–Crippen MR) is 98.6 cm³/mol. The Morgan fingerprint density at radius 2 is 1.42 bits per heavy atom. The van der Waals surface area contributed by atoms with Gasteiger partial charge in [0.25, 0.3) is 0 Å². The van der Waals surface area contributed by atoms with Gasteiger partial charge in [0.2, 0.25) is 0 Å². The van der Waals surface area contributed by atoms with Gasteiger partial charge in [-0.05, 0) is 22.6 Å². The number of rotatable bonds is 9. The molecule has 1 atom stereocenters. The number of ether oxygens (including phenoxy) is 1. The summed E-state index contributed by atoms with van der Waals surface area (Å²) >= 11 is 0. The van der Waals surface area contributed by atoms with E-state index in [1.165, 1.54) is 16.7 Å². The summed E-state index contributed by atoms with van der Waals surface area (Å²) in [5.41, 5.74) is 3.70.